The maximum atomic E-state index is 14.0. The van der Waals surface area contributed by atoms with Gasteiger partial charge in [-0.2, -0.15) is 0 Å². The van der Waals surface area contributed by atoms with Crippen LogP contribution < -0.4 is 10.1 Å². The fraction of sp³-hybridized carbons (Fsp3) is 0.381. The Morgan fingerprint density at radius 1 is 1.26 bits per heavy atom. The number of amides is 1. The zero-order valence-corrected chi connectivity index (χ0v) is 15.1. The quantitative estimate of drug-likeness (QED) is 0.821. The minimum Gasteiger partial charge on any atom is -0.487 e. The van der Waals surface area contributed by atoms with Gasteiger partial charge >= 0.3 is 0 Å². The molecule has 0 saturated carbocycles. The van der Waals surface area contributed by atoms with Crippen LogP contribution in [-0.4, -0.2) is 28.5 Å². The number of hydrogen-bond donors (Lipinski definition) is 1. The highest BCUT2D eigenvalue weighted by molar-refractivity contribution is 5.78. The highest BCUT2D eigenvalue weighted by Crippen LogP contribution is 2.39. The van der Waals surface area contributed by atoms with Gasteiger partial charge in [-0.15, -0.1) is 0 Å². The van der Waals surface area contributed by atoms with Crippen molar-refractivity contribution in [3.8, 4) is 16.9 Å². The van der Waals surface area contributed by atoms with Gasteiger partial charge in [0.25, 0.3) is 0 Å². The number of carbonyl (C=O) groups excluding carboxylic acids is 1. The minimum atomic E-state index is -0.315. The molecule has 0 radical (unpaired) electrons. The number of hydrogen-bond acceptors (Lipinski definition) is 4. The van der Waals surface area contributed by atoms with E-state index in [0.29, 0.717) is 36.3 Å². The van der Waals surface area contributed by atoms with Gasteiger partial charge in [0.1, 0.15) is 24.0 Å². The number of nitrogens with one attached hydrogen (secondary N) is 1. The van der Waals surface area contributed by atoms with E-state index in [9.17, 15) is 9.18 Å². The SMILES string of the molecule is O=C(CC1=CCCCC1)NC[C@@H]1Cc2cc(F)cc(-c3cncnc3)c2O1. The second-order valence-electron chi connectivity index (χ2n) is 7.10. The van der Waals surface area contributed by atoms with E-state index < -0.39 is 0 Å². The molecule has 1 N–H and O–H groups in total. The molecule has 1 atom stereocenters. The monoisotopic (exact) mass is 367 g/mol. The van der Waals surface area contributed by atoms with Crippen LogP contribution in [0.3, 0.4) is 0 Å². The molecule has 5 nitrogen and oxygen atoms in total. The van der Waals surface area contributed by atoms with Gasteiger partial charge in [0, 0.05) is 41.9 Å². The lowest BCUT2D eigenvalue weighted by Crippen LogP contribution is -2.34. The Bertz CT molecular complexity index is 867. The van der Waals surface area contributed by atoms with Gasteiger partial charge in [0.2, 0.25) is 5.91 Å². The number of carbonyl (C=O) groups is 1. The summed E-state index contributed by atoms with van der Waals surface area (Å²) >= 11 is 0. The molecule has 0 unspecified atom stereocenters. The first kappa shape index (κ1) is 17.6. The molecular formula is C21H22FN3O2. The van der Waals surface area contributed by atoms with Gasteiger partial charge in [-0.05, 0) is 37.8 Å². The van der Waals surface area contributed by atoms with Crippen LogP contribution in [0.2, 0.25) is 0 Å². The first-order valence-electron chi connectivity index (χ1n) is 9.38. The topological polar surface area (TPSA) is 64.1 Å². The van der Waals surface area contributed by atoms with E-state index in [4.69, 9.17) is 4.74 Å². The molecule has 27 heavy (non-hydrogen) atoms. The molecule has 0 fully saturated rings. The van der Waals surface area contributed by atoms with Crippen molar-refractivity contribution in [3.63, 3.8) is 0 Å². The van der Waals surface area contributed by atoms with E-state index in [1.54, 1.807) is 12.4 Å². The van der Waals surface area contributed by atoms with Gasteiger partial charge in [0.05, 0.1) is 6.54 Å². The van der Waals surface area contributed by atoms with E-state index in [0.717, 1.165) is 24.8 Å². The Labute approximate surface area is 157 Å². The highest BCUT2D eigenvalue weighted by atomic mass is 19.1. The molecule has 0 saturated heterocycles. The number of aromatic nitrogens is 2. The summed E-state index contributed by atoms with van der Waals surface area (Å²) in [5, 5.41) is 2.96. The molecule has 0 spiro atoms. The van der Waals surface area contributed by atoms with Crippen molar-refractivity contribution in [2.45, 2.75) is 44.6 Å². The van der Waals surface area contributed by atoms with Crippen molar-refractivity contribution in [3.05, 3.63) is 53.9 Å². The van der Waals surface area contributed by atoms with Crippen LogP contribution in [0, 0.1) is 5.82 Å². The van der Waals surface area contributed by atoms with Crippen molar-refractivity contribution in [2.24, 2.45) is 0 Å². The third-order valence-electron chi connectivity index (χ3n) is 5.03. The molecule has 0 bridgehead atoms. The zero-order chi connectivity index (χ0) is 18.6. The largest absolute Gasteiger partial charge is 0.487 e. The number of allylic oxidation sites excluding steroid dienone is 1. The summed E-state index contributed by atoms with van der Waals surface area (Å²) in [5.74, 6) is 0.358. The Hall–Kier alpha value is -2.76. The fourth-order valence-corrected chi connectivity index (χ4v) is 3.72. The molecule has 1 aromatic carbocycles. The molecule has 1 aliphatic heterocycles. The van der Waals surface area contributed by atoms with Crippen LogP contribution in [0.4, 0.5) is 4.39 Å². The summed E-state index contributed by atoms with van der Waals surface area (Å²) in [5.41, 5.74) is 3.39. The van der Waals surface area contributed by atoms with Crippen LogP contribution >= 0.6 is 0 Å². The lowest BCUT2D eigenvalue weighted by molar-refractivity contribution is -0.120. The molecular weight excluding hydrogens is 345 g/mol. The van der Waals surface area contributed by atoms with Crippen LogP contribution in [0.1, 0.15) is 37.7 Å². The average Bonchev–Trinajstić information content (AvgIpc) is 3.10. The van der Waals surface area contributed by atoms with E-state index in [-0.39, 0.29) is 17.8 Å². The number of halogens is 1. The lowest BCUT2D eigenvalue weighted by Gasteiger charge is -2.15. The van der Waals surface area contributed by atoms with Gasteiger partial charge in [-0.25, -0.2) is 14.4 Å². The number of benzene rings is 1. The summed E-state index contributed by atoms with van der Waals surface area (Å²) in [7, 11) is 0. The van der Waals surface area contributed by atoms with Gasteiger partial charge < -0.3 is 10.1 Å². The summed E-state index contributed by atoms with van der Waals surface area (Å²) in [6.07, 6.45) is 12.2. The second-order valence-corrected chi connectivity index (χ2v) is 7.10. The van der Waals surface area contributed by atoms with Gasteiger partial charge in [-0.3, -0.25) is 4.79 Å². The molecule has 2 aromatic rings. The second kappa shape index (κ2) is 7.86. The van der Waals surface area contributed by atoms with Crippen LogP contribution in [0.15, 0.2) is 42.5 Å². The Morgan fingerprint density at radius 3 is 2.89 bits per heavy atom. The molecule has 140 valence electrons. The van der Waals surface area contributed by atoms with Crippen molar-refractivity contribution in [1.82, 2.24) is 15.3 Å². The number of nitrogens with zero attached hydrogens (tertiary/aromatic N) is 2. The number of fused-ring (bicyclic) bond motifs is 1. The molecule has 6 heteroatoms. The summed E-state index contributed by atoms with van der Waals surface area (Å²) in [6.45, 7) is 0.410. The predicted molar refractivity (Wildman–Crippen MR) is 99.7 cm³/mol. The third kappa shape index (κ3) is 4.15. The van der Waals surface area contributed by atoms with Crippen molar-refractivity contribution < 1.29 is 13.9 Å². The first-order valence-corrected chi connectivity index (χ1v) is 9.38. The standard InChI is InChI=1S/C21H22FN3O2/c22-17-7-15-8-18(12-25-20(26)6-14-4-2-1-3-5-14)27-21(15)19(9-17)16-10-23-13-24-11-16/h4,7,9-11,13,18H,1-3,5-6,8,12H2,(H,25,26)/t18-/m0/s1. The van der Waals surface area contributed by atoms with Crippen molar-refractivity contribution >= 4 is 5.91 Å². The van der Waals surface area contributed by atoms with Crippen LogP contribution in [-0.2, 0) is 11.2 Å². The van der Waals surface area contributed by atoms with E-state index >= 15 is 0 Å². The highest BCUT2D eigenvalue weighted by Gasteiger charge is 2.27. The Balaban J connectivity index is 1.41. The molecule has 2 heterocycles. The maximum absolute atomic E-state index is 14.0. The number of rotatable bonds is 5. The van der Waals surface area contributed by atoms with Crippen molar-refractivity contribution in [2.75, 3.05) is 6.54 Å². The Morgan fingerprint density at radius 2 is 2.11 bits per heavy atom. The van der Waals surface area contributed by atoms with E-state index in [1.807, 2.05) is 0 Å². The predicted octanol–water partition coefficient (Wildman–Crippen LogP) is 3.59. The smallest absolute Gasteiger partial charge is 0.224 e. The molecule has 1 aromatic heterocycles. The summed E-state index contributed by atoms with van der Waals surface area (Å²) < 4.78 is 20.1. The number of ether oxygens (including phenoxy) is 1. The normalized spacial score (nSPS) is 18.4. The molecule has 1 aliphatic carbocycles. The molecule has 2 aliphatic rings. The van der Waals surface area contributed by atoms with Gasteiger partial charge in [0.15, 0.2) is 0 Å². The summed E-state index contributed by atoms with van der Waals surface area (Å²) in [4.78, 5) is 20.2. The first-order chi connectivity index (χ1) is 13.2. The van der Waals surface area contributed by atoms with Crippen LogP contribution in [0.5, 0.6) is 5.75 Å². The fourth-order valence-electron chi connectivity index (χ4n) is 3.72. The zero-order valence-electron chi connectivity index (χ0n) is 15.1. The maximum Gasteiger partial charge on any atom is 0.224 e. The molecule has 4 rings (SSSR count). The average molecular weight is 367 g/mol. The van der Waals surface area contributed by atoms with Crippen molar-refractivity contribution in [1.29, 1.82) is 0 Å². The van der Waals surface area contributed by atoms with Crippen LogP contribution in [0.25, 0.3) is 11.1 Å². The van der Waals surface area contributed by atoms with E-state index in [2.05, 4.69) is 21.4 Å². The minimum absolute atomic E-state index is 0.0190. The van der Waals surface area contributed by atoms with E-state index in [1.165, 1.54) is 30.5 Å². The summed E-state index contributed by atoms with van der Waals surface area (Å²) in [6, 6.07) is 2.94. The van der Waals surface area contributed by atoms with Gasteiger partial charge in [-0.1, -0.05) is 11.6 Å². The lowest BCUT2D eigenvalue weighted by atomic mass is 9.97. The molecule has 1 amide bonds. The Kier molecular flexibility index (Phi) is 5.14. The third-order valence-corrected chi connectivity index (χ3v) is 5.03.